The van der Waals surface area contributed by atoms with Gasteiger partial charge in [-0.1, -0.05) is 19.3 Å². The molecule has 4 nitrogen and oxygen atoms in total. The molecule has 1 unspecified atom stereocenters. The molecule has 5 heteroatoms. The number of carbonyl (C=O) groups excluding carboxylic acids is 2. The third-order valence-corrected chi connectivity index (χ3v) is 7.12. The Balaban J connectivity index is 1.42. The van der Waals surface area contributed by atoms with Gasteiger partial charge in [0.1, 0.15) is 0 Å². The first-order chi connectivity index (χ1) is 12.2. The predicted molar refractivity (Wildman–Crippen MR) is 99.7 cm³/mol. The van der Waals surface area contributed by atoms with E-state index in [9.17, 15) is 9.59 Å². The molecule has 4 rings (SSSR count). The molecule has 0 aromatic carbocycles. The van der Waals surface area contributed by atoms with E-state index >= 15 is 0 Å². The normalized spacial score (nSPS) is 28.1. The Morgan fingerprint density at radius 2 is 2.00 bits per heavy atom. The van der Waals surface area contributed by atoms with Crippen LogP contribution in [0, 0.1) is 11.3 Å². The Morgan fingerprint density at radius 1 is 1.16 bits per heavy atom. The van der Waals surface area contributed by atoms with E-state index < -0.39 is 0 Å². The third kappa shape index (κ3) is 3.35. The summed E-state index contributed by atoms with van der Waals surface area (Å²) < 4.78 is 0. The van der Waals surface area contributed by atoms with Gasteiger partial charge in [-0.25, -0.2) is 0 Å². The summed E-state index contributed by atoms with van der Waals surface area (Å²) in [5.41, 5.74) is 0.461. The van der Waals surface area contributed by atoms with Gasteiger partial charge in [0.25, 0.3) is 5.91 Å². The van der Waals surface area contributed by atoms with Gasteiger partial charge in [0.2, 0.25) is 5.91 Å². The lowest BCUT2D eigenvalue weighted by Gasteiger charge is -2.41. The molecule has 2 aliphatic heterocycles. The van der Waals surface area contributed by atoms with Crippen molar-refractivity contribution < 1.29 is 9.59 Å². The fourth-order valence-corrected chi connectivity index (χ4v) is 5.63. The molecule has 3 heterocycles. The maximum Gasteiger partial charge on any atom is 0.254 e. The number of amides is 2. The van der Waals surface area contributed by atoms with Gasteiger partial charge in [-0.2, -0.15) is 11.3 Å². The number of carbonyl (C=O) groups is 2. The van der Waals surface area contributed by atoms with E-state index in [1.807, 2.05) is 21.7 Å². The first-order valence-corrected chi connectivity index (χ1v) is 10.7. The lowest BCUT2D eigenvalue weighted by atomic mass is 9.77. The highest BCUT2D eigenvalue weighted by atomic mass is 32.1. The zero-order valence-corrected chi connectivity index (χ0v) is 15.7. The summed E-state index contributed by atoms with van der Waals surface area (Å²) in [5, 5.41) is 3.85. The SMILES string of the molecule is O=C(c1ccsc1)N1CCC2(CCCN(CC3CCCCC3)C2=O)C1. The Hall–Kier alpha value is -1.36. The van der Waals surface area contributed by atoms with Gasteiger partial charge in [0.15, 0.2) is 0 Å². The van der Waals surface area contributed by atoms with Gasteiger partial charge in [-0.15, -0.1) is 0 Å². The van der Waals surface area contributed by atoms with Crippen molar-refractivity contribution in [2.75, 3.05) is 26.2 Å². The smallest absolute Gasteiger partial charge is 0.254 e. The summed E-state index contributed by atoms with van der Waals surface area (Å²) in [6, 6.07) is 1.88. The number of likely N-dealkylation sites (tertiary alicyclic amines) is 2. The lowest BCUT2D eigenvalue weighted by molar-refractivity contribution is -0.146. The topological polar surface area (TPSA) is 40.6 Å². The molecular formula is C20H28N2O2S. The van der Waals surface area contributed by atoms with Gasteiger partial charge >= 0.3 is 0 Å². The van der Waals surface area contributed by atoms with E-state index in [1.54, 1.807) is 11.3 Å². The molecule has 0 bridgehead atoms. The lowest BCUT2D eigenvalue weighted by Crippen LogP contribution is -2.51. The zero-order chi connectivity index (χ0) is 17.3. The van der Waals surface area contributed by atoms with Crippen molar-refractivity contribution in [3.63, 3.8) is 0 Å². The summed E-state index contributed by atoms with van der Waals surface area (Å²) >= 11 is 1.55. The van der Waals surface area contributed by atoms with Crippen LogP contribution < -0.4 is 0 Å². The van der Waals surface area contributed by atoms with Crippen LogP contribution in [-0.4, -0.2) is 47.8 Å². The largest absolute Gasteiger partial charge is 0.342 e. The van der Waals surface area contributed by atoms with Crippen molar-refractivity contribution in [3.05, 3.63) is 22.4 Å². The summed E-state index contributed by atoms with van der Waals surface area (Å²) in [6.07, 6.45) is 9.41. The minimum absolute atomic E-state index is 0.0929. The molecule has 25 heavy (non-hydrogen) atoms. The molecule has 0 radical (unpaired) electrons. The van der Waals surface area contributed by atoms with Crippen LogP contribution in [0.3, 0.4) is 0 Å². The molecule has 1 aromatic heterocycles. The van der Waals surface area contributed by atoms with Crippen molar-refractivity contribution >= 4 is 23.2 Å². The van der Waals surface area contributed by atoms with Gasteiger partial charge < -0.3 is 9.80 Å². The third-order valence-electron chi connectivity index (χ3n) is 6.44. The van der Waals surface area contributed by atoms with E-state index in [1.165, 1.54) is 32.1 Å². The second kappa shape index (κ2) is 7.10. The summed E-state index contributed by atoms with van der Waals surface area (Å²) in [4.78, 5) is 30.0. The van der Waals surface area contributed by atoms with Crippen molar-refractivity contribution in [2.24, 2.45) is 11.3 Å². The van der Waals surface area contributed by atoms with Crippen LogP contribution in [0.4, 0.5) is 0 Å². The molecule has 1 aliphatic carbocycles. The standard InChI is InChI=1S/C20H28N2O2S/c23-18(17-7-12-25-14-17)22-11-9-20(15-22)8-4-10-21(19(20)24)13-16-5-2-1-3-6-16/h7,12,14,16H,1-6,8-11,13,15H2. The predicted octanol–water partition coefficient (Wildman–Crippen LogP) is 3.78. The highest BCUT2D eigenvalue weighted by molar-refractivity contribution is 7.08. The van der Waals surface area contributed by atoms with Crippen molar-refractivity contribution in [3.8, 4) is 0 Å². The molecule has 136 valence electrons. The van der Waals surface area contributed by atoms with E-state index in [4.69, 9.17) is 0 Å². The summed E-state index contributed by atoms with van der Waals surface area (Å²) in [6.45, 7) is 3.19. The quantitative estimate of drug-likeness (QED) is 0.823. The number of nitrogens with zero attached hydrogens (tertiary/aromatic N) is 2. The molecule has 3 aliphatic rings. The average molecular weight is 361 g/mol. The molecule has 2 amide bonds. The second-order valence-electron chi connectivity index (χ2n) is 8.13. The van der Waals surface area contributed by atoms with Crippen LogP contribution in [0.15, 0.2) is 16.8 Å². The highest BCUT2D eigenvalue weighted by Gasteiger charge is 2.49. The highest BCUT2D eigenvalue weighted by Crippen LogP contribution is 2.41. The molecule has 3 fully saturated rings. The van der Waals surface area contributed by atoms with Crippen LogP contribution in [0.1, 0.15) is 61.7 Å². The van der Waals surface area contributed by atoms with Gasteiger partial charge in [0.05, 0.1) is 11.0 Å². The number of hydrogen-bond donors (Lipinski definition) is 0. The summed E-state index contributed by atoms with van der Waals surface area (Å²) in [5.74, 6) is 1.11. The second-order valence-corrected chi connectivity index (χ2v) is 8.91. The van der Waals surface area contributed by atoms with E-state index in [0.717, 1.165) is 44.5 Å². The molecule has 1 spiro atoms. The Morgan fingerprint density at radius 3 is 2.76 bits per heavy atom. The molecular weight excluding hydrogens is 332 g/mol. The molecule has 2 saturated heterocycles. The minimum atomic E-state index is -0.307. The number of hydrogen-bond acceptors (Lipinski definition) is 3. The minimum Gasteiger partial charge on any atom is -0.342 e. The molecule has 1 aromatic rings. The number of piperidine rings is 1. The van der Waals surface area contributed by atoms with E-state index in [2.05, 4.69) is 4.90 Å². The monoisotopic (exact) mass is 360 g/mol. The van der Waals surface area contributed by atoms with Gasteiger partial charge in [-0.05, 0) is 49.5 Å². The van der Waals surface area contributed by atoms with Crippen LogP contribution in [0.5, 0.6) is 0 Å². The van der Waals surface area contributed by atoms with E-state index in [0.29, 0.717) is 18.4 Å². The van der Waals surface area contributed by atoms with Crippen molar-refractivity contribution in [2.45, 2.75) is 51.4 Å². The maximum absolute atomic E-state index is 13.3. The molecule has 0 N–H and O–H groups in total. The van der Waals surface area contributed by atoms with Crippen LogP contribution in [-0.2, 0) is 4.79 Å². The molecule has 1 saturated carbocycles. The average Bonchev–Trinajstić information content (AvgIpc) is 3.31. The van der Waals surface area contributed by atoms with Crippen LogP contribution >= 0.6 is 11.3 Å². The maximum atomic E-state index is 13.3. The van der Waals surface area contributed by atoms with Crippen molar-refractivity contribution in [1.29, 1.82) is 0 Å². The first-order valence-electron chi connectivity index (χ1n) is 9.79. The van der Waals surface area contributed by atoms with Gasteiger partial charge in [-0.3, -0.25) is 9.59 Å². The Kier molecular flexibility index (Phi) is 4.85. The Labute approximate surface area is 154 Å². The zero-order valence-electron chi connectivity index (χ0n) is 14.9. The molecule has 1 atom stereocenters. The van der Waals surface area contributed by atoms with Gasteiger partial charge in [0, 0.05) is 31.6 Å². The first kappa shape index (κ1) is 17.1. The van der Waals surface area contributed by atoms with Crippen LogP contribution in [0.2, 0.25) is 0 Å². The summed E-state index contributed by atoms with van der Waals surface area (Å²) in [7, 11) is 0. The fourth-order valence-electron chi connectivity index (χ4n) is 5.00. The van der Waals surface area contributed by atoms with Crippen molar-refractivity contribution in [1.82, 2.24) is 9.80 Å². The Bertz CT molecular complexity index is 624. The number of thiophene rings is 1. The fraction of sp³-hybridized carbons (Fsp3) is 0.700. The van der Waals surface area contributed by atoms with E-state index in [-0.39, 0.29) is 11.3 Å². The number of rotatable bonds is 3. The van der Waals surface area contributed by atoms with Crippen LogP contribution in [0.25, 0.3) is 0 Å².